The van der Waals surface area contributed by atoms with Crippen molar-refractivity contribution < 1.29 is 14.3 Å². The highest BCUT2D eigenvalue weighted by atomic mass is 35.5. The fourth-order valence-electron chi connectivity index (χ4n) is 3.64. The summed E-state index contributed by atoms with van der Waals surface area (Å²) < 4.78 is 5.33. The maximum Gasteiger partial charge on any atom is 0.255 e. The van der Waals surface area contributed by atoms with Gasteiger partial charge in [0.2, 0.25) is 5.91 Å². The Kier molecular flexibility index (Phi) is 7.72. The number of benzene rings is 2. The first-order chi connectivity index (χ1) is 16.1. The zero-order valence-corrected chi connectivity index (χ0v) is 18.9. The summed E-state index contributed by atoms with van der Waals surface area (Å²) in [5.41, 5.74) is 3.49. The first kappa shape index (κ1) is 23.0. The number of amides is 2. The standard InChI is InChI=1S/C24H26ClN5O3/c25-19-6-4-18(5-7-19)23-21(16-27-29-23)24(32)26-15-17-2-1-3-20(14-17)28-22(31)8-9-30-10-12-33-13-11-30/h1-7,14,16H,8-13,15H2,(H,26,32)(H,27,29)(H,28,31). The number of nitrogens with zero attached hydrogens (tertiary/aromatic N) is 2. The smallest absolute Gasteiger partial charge is 0.255 e. The van der Waals surface area contributed by atoms with Crippen LogP contribution in [-0.4, -0.2) is 59.8 Å². The molecule has 3 aromatic rings. The maximum atomic E-state index is 12.8. The van der Waals surface area contributed by atoms with Crippen LogP contribution in [0.3, 0.4) is 0 Å². The van der Waals surface area contributed by atoms with Crippen LogP contribution in [0.15, 0.2) is 54.7 Å². The molecule has 0 unspecified atom stereocenters. The van der Waals surface area contributed by atoms with Crippen LogP contribution in [0.2, 0.25) is 5.02 Å². The molecule has 2 aromatic carbocycles. The number of H-pyrrole nitrogens is 1. The second-order valence-electron chi connectivity index (χ2n) is 7.80. The number of halogens is 1. The molecule has 0 atom stereocenters. The van der Waals surface area contributed by atoms with Gasteiger partial charge >= 0.3 is 0 Å². The van der Waals surface area contributed by atoms with Gasteiger partial charge in [0.1, 0.15) is 0 Å². The number of hydrogen-bond donors (Lipinski definition) is 3. The van der Waals surface area contributed by atoms with E-state index in [1.54, 1.807) is 12.1 Å². The molecule has 1 saturated heterocycles. The van der Waals surface area contributed by atoms with Crippen LogP contribution in [0, 0.1) is 0 Å². The van der Waals surface area contributed by atoms with Crippen LogP contribution in [0.25, 0.3) is 11.3 Å². The van der Waals surface area contributed by atoms with Gasteiger partial charge < -0.3 is 15.4 Å². The van der Waals surface area contributed by atoms with E-state index in [-0.39, 0.29) is 11.8 Å². The first-order valence-corrected chi connectivity index (χ1v) is 11.2. The van der Waals surface area contributed by atoms with Crippen LogP contribution in [0.4, 0.5) is 5.69 Å². The predicted octanol–water partition coefficient (Wildman–Crippen LogP) is 3.32. The molecule has 172 valence electrons. The van der Waals surface area contributed by atoms with Crippen molar-refractivity contribution in [3.8, 4) is 11.3 Å². The minimum Gasteiger partial charge on any atom is -0.379 e. The van der Waals surface area contributed by atoms with Crippen LogP contribution >= 0.6 is 11.6 Å². The minimum atomic E-state index is -0.242. The average Bonchev–Trinajstić information content (AvgIpc) is 3.33. The highest BCUT2D eigenvalue weighted by Gasteiger charge is 2.15. The molecule has 9 heteroatoms. The molecule has 0 aliphatic carbocycles. The van der Waals surface area contributed by atoms with Crippen molar-refractivity contribution in [3.05, 3.63) is 70.9 Å². The van der Waals surface area contributed by atoms with Gasteiger partial charge in [-0.3, -0.25) is 19.6 Å². The monoisotopic (exact) mass is 467 g/mol. The quantitative estimate of drug-likeness (QED) is 0.472. The number of carbonyl (C=O) groups excluding carboxylic acids is 2. The number of nitrogens with one attached hydrogen (secondary N) is 3. The molecule has 0 saturated carbocycles. The number of morpholine rings is 1. The van der Waals surface area contributed by atoms with Crippen LogP contribution in [0.5, 0.6) is 0 Å². The molecule has 2 heterocycles. The van der Waals surface area contributed by atoms with E-state index in [0.29, 0.717) is 41.5 Å². The van der Waals surface area contributed by atoms with Gasteiger partial charge in [0, 0.05) is 48.9 Å². The van der Waals surface area contributed by atoms with Gasteiger partial charge in [-0.05, 0) is 29.8 Å². The Hall–Kier alpha value is -3.20. The minimum absolute atomic E-state index is 0.0336. The van der Waals surface area contributed by atoms with E-state index in [0.717, 1.165) is 37.4 Å². The van der Waals surface area contributed by atoms with Gasteiger partial charge in [-0.25, -0.2) is 0 Å². The van der Waals surface area contributed by atoms with Crippen molar-refractivity contribution in [2.45, 2.75) is 13.0 Å². The van der Waals surface area contributed by atoms with Gasteiger partial charge in [-0.2, -0.15) is 5.10 Å². The third-order valence-corrected chi connectivity index (χ3v) is 5.69. The van der Waals surface area contributed by atoms with Crippen LogP contribution < -0.4 is 10.6 Å². The van der Waals surface area contributed by atoms with Crippen molar-refractivity contribution in [2.24, 2.45) is 0 Å². The maximum absolute atomic E-state index is 12.8. The fraction of sp³-hybridized carbons (Fsp3) is 0.292. The average molecular weight is 468 g/mol. The summed E-state index contributed by atoms with van der Waals surface area (Å²) in [5.74, 6) is -0.276. The molecule has 0 radical (unpaired) electrons. The summed E-state index contributed by atoms with van der Waals surface area (Å²) in [6, 6.07) is 14.7. The van der Waals surface area contributed by atoms with E-state index in [4.69, 9.17) is 16.3 Å². The largest absolute Gasteiger partial charge is 0.379 e. The van der Waals surface area contributed by atoms with E-state index in [2.05, 4.69) is 25.7 Å². The molecule has 33 heavy (non-hydrogen) atoms. The highest BCUT2D eigenvalue weighted by Crippen LogP contribution is 2.23. The molecule has 8 nitrogen and oxygen atoms in total. The Balaban J connectivity index is 1.31. The molecule has 4 rings (SSSR count). The SMILES string of the molecule is O=C(CCN1CCOCC1)Nc1cccc(CNC(=O)c2cn[nH]c2-c2ccc(Cl)cc2)c1. The molecule has 2 amide bonds. The van der Waals surface area contributed by atoms with Gasteiger partial charge in [0.15, 0.2) is 0 Å². The Labute approximate surface area is 197 Å². The van der Waals surface area contributed by atoms with E-state index in [1.165, 1.54) is 6.20 Å². The zero-order valence-electron chi connectivity index (χ0n) is 18.1. The van der Waals surface area contributed by atoms with Crippen LogP contribution in [0.1, 0.15) is 22.3 Å². The highest BCUT2D eigenvalue weighted by molar-refractivity contribution is 6.30. The molecule has 1 fully saturated rings. The number of aromatic nitrogens is 2. The molecular weight excluding hydrogens is 442 g/mol. The van der Waals surface area contributed by atoms with Crippen molar-refractivity contribution in [1.29, 1.82) is 0 Å². The molecule has 0 bridgehead atoms. The van der Waals surface area contributed by atoms with Crippen molar-refractivity contribution in [2.75, 3.05) is 38.2 Å². The van der Waals surface area contributed by atoms with Crippen molar-refractivity contribution in [1.82, 2.24) is 20.4 Å². The summed E-state index contributed by atoms with van der Waals surface area (Å²) in [6.45, 7) is 4.19. The van der Waals surface area contributed by atoms with Crippen molar-refractivity contribution in [3.63, 3.8) is 0 Å². The van der Waals surface area contributed by atoms with E-state index < -0.39 is 0 Å². The summed E-state index contributed by atoms with van der Waals surface area (Å²) in [6.07, 6.45) is 1.93. The second-order valence-corrected chi connectivity index (χ2v) is 8.24. The summed E-state index contributed by atoms with van der Waals surface area (Å²) in [4.78, 5) is 27.3. The number of rotatable bonds is 8. The lowest BCUT2D eigenvalue weighted by atomic mass is 10.1. The number of anilines is 1. The molecule has 0 spiro atoms. The Bertz CT molecular complexity index is 1090. The normalized spacial score (nSPS) is 14.1. The van der Waals surface area contributed by atoms with Crippen LogP contribution in [-0.2, 0) is 16.1 Å². The lowest BCUT2D eigenvalue weighted by Crippen LogP contribution is -2.38. The fourth-order valence-corrected chi connectivity index (χ4v) is 3.77. The second kappa shape index (κ2) is 11.1. The topological polar surface area (TPSA) is 99.3 Å². The van der Waals surface area contributed by atoms with Crippen molar-refractivity contribution >= 4 is 29.1 Å². The molecular formula is C24H26ClN5O3. The predicted molar refractivity (Wildman–Crippen MR) is 127 cm³/mol. The lowest BCUT2D eigenvalue weighted by molar-refractivity contribution is -0.116. The third kappa shape index (κ3) is 6.41. The van der Waals surface area contributed by atoms with E-state index >= 15 is 0 Å². The zero-order chi connectivity index (χ0) is 23.0. The van der Waals surface area contributed by atoms with Gasteiger partial charge in [-0.1, -0.05) is 35.9 Å². The number of hydrogen-bond acceptors (Lipinski definition) is 5. The molecule has 3 N–H and O–H groups in total. The number of ether oxygens (including phenoxy) is 1. The Morgan fingerprint density at radius 1 is 1.12 bits per heavy atom. The lowest BCUT2D eigenvalue weighted by Gasteiger charge is -2.26. The molecule has 1 aliphatic rings. The van der Waals surface area contributed by atoms with E-state index in [9.17, 15) is 9.59 Å². The number of aromatic amines is 1. The summed E-state index contributed by atoms with van der Waals surface area (Å²) in [5, 5.41) is 13.4. The summed E-state index contributed by atoms with van der Waals surface area (Å²) in [7, 11) is 0. The van der Waals surface area contributed by atoms with Gasteiger partial charge in [0.05, 0.1) is 30.7 Å². The van der Waals surface area contributed by atoms with Gasteiger partial charge in [-0.15, -0.1) is 0 Å². The molecule has 1 aliphatic heterocycles. The molecule has 1 aromatic heterocycles. The Morgan fingerprint density at radius 3 is 2.70 bits per heavy atom. The van der Waals surface area contributed by atoms with Gasteiger partial charge in [0.25, 0.3) is 5.91 Å². The third-order valence-electron chi connectivity index (χ3n) is 5.44. The number of carbonyl (C=O) groups is 2. The van der Waals surface area contributed by atoms with E-state index in [1.807, 2.05) is 36.4 Å². The summed E-state index contributed by atoms with van der Waals surface area (Å²) >= 11 is 5.95. The first-order valence-electron chi connectivity index (χ1n) is 10.8. The Morgan fingerprint density at radius 2 is 1.91 bits per heavy atom.